The number of piperidine rings is 1. The molecule has 0 amide bonds. The Balaban J connectivity index is 1.82. The van der Waals surface area contributed by atoms with Crippen LogP contribution >= 0.6 is 0 Å². The zero-order valence-electron chi connectivity index (χ0n) is 12.9. The quantitative estimate of drug-likeness (QED) is 0.808. The van der Waals surface area contributed by atoms with Crippen molar-refractivity contribution in [2.75, 3.05) is 25.9 Å². The highest BCUT2D eigenvalue weighted by molar-refractivity contribution is 7.88. The van der Waals surface area contributed by atoms with Crippen molar-refractivity contribution in [1.82, 2.24) is 9.62 Å². The molecule has 0 bridgehead atoms. The smallest absolute Gasteiger partial charge is 0.208 e. The third-order valence-electron chi connectivity index (χ3n) is 4.78. The maximum atomic E-state index is 11.3. The molecule has 0 spiro atoms. The molecule has 20 heavy (non-hydrogen) atoms. The number of allylic oxidation sites excluding steroid dienone is 1. The van der Waals surface area contributed by atoms with Gasteiger partial charge >= 0.3 is 0 Å². The van der Waals surface area contributed by atoms with Crippen molar-refractivity contribution in [2.45, 2.75) is 45.6 Å². The molecule has 1 fully saturated rings. The van der Waals surface area contributed by atoms with Gasteiger partial charge in [0.25, 0.3) is 0 Å². The van der Waals surface area contributed by atoms with Crippen LogP contribution in [-0.2, 0) is 10.0 Å². The number of sulfonamides is 1. The molecule has 0 aromatic heterocycles. The molecule has 4 nitrogen and oxygen atoms in total. The molecule has 116 valence electrons. The van der Waals surface area contributed by atoms with Crippen LogP contribution in [-0.4, -0.2) is 45.2 Å². The Bertz CT molecular complexity index is 450. The summed E-state index contributed by atoms with van der Waals surface area (Å²) < 4.78 is 25.2. The molecule has 1 N–H and O–H groups in total. The van der Waals surface area contributed by atoms with Gasteiger partial charge in [-0.05, 0) is 57.5 Å². The minimum absolute atomic E-state index is 0.127. The summed E-state index contributed by atoms with van der Waals surface area (Å²) in [5, 5.41) is 0. The van der Waals surface area contributed by atoms with Crippen molar-refractivity contribution in [3.05, 3.63) is 11.6 Å². The van der Waals surface area contributed by atoms with Gasteiger partial charge in [-0.2, -0.15) is 0 Å². The molecule has 2 rings (SSSR count). The van der Waals surface area contributed by atoms with E-state index < -0.39 is 10.0 Å². The minimum Gasteiger partial charge on any atom is -0.303 e. The van der Waals surface area contributed by atoms with E-state index >= 15 is 0 Å². The lowest BCUT2D eigenvalue weighted by Gasteiger charge is -2.37. The van der Waals surface area contributed by atoms with Gasteiger partial charge in [0.05, 0.1) is 6.26 Å². The van der Waals surface area contributed by atoms with E-state index in [1.54, 1.807) is 5.57 Å². The summed E-state index contributed by atoms with van der Waals surface area (Å²) in [5.74, 6) is 1.45. The molecule has 0 unspecified atom stereocenters. The molecule has 0 radical (unpaired) electrons. The SMILES string of the molecule is CC1=CCC[C@H](C)[C@H]1CN1CCC(NS(C)(=O)=O)CC1. The lowest BCUT2D eigenvalue weighted by atomic mass is 9.79. The second-order valence-electron chi connectivity index (χ2n) is 6.57. The van der Waals surface area contributed by atoms with Crippen LogP contribution in [0.1, 0.15) is 39.5 Å². The fraction of sp³-hybridized carbons (Fsp3) is 0.867. The van der Waals surface area contributed by atoms with Gasteiger partial charge in [-0.1, -0.05) is 18.6 Å². The van der Waals surface area contributed by atoms with Crippen molar-refractivity contribution in [3.8, 4) is 0 Å². The highest BCUT2D eigenvalue weighted by Gasteiger charge is 2.27. The number of hydrogen-bond donors (Lipinski definition) is 1. The molecule has 1 aliphatic heterocycles. The van der Waals surface area contributed by atoms with Crippen LogP contribution in [0.2, 0.25) is 0 Å². The average molecular weight is 300 g/mol. The molecule has 0 aromatic rings. The third kappa shape index (κ3) is 4.57. The van der Waals surface area contributed by atoms with E-state index in [2.05, 4.69) is 29.5 Å². The first kappa shape index (κ1) is 16.0. The van der Waals surface area contributed by atoms with Crippen LogP contribution in [0.4, 0.5) is 0 Å². The molecule has 1 heterocycles. The fourth-order valence-corrected chi connectivity index (χ4v) is 4.35. The molecule has 5 heteroatoms. The monoisotopic (exact) mass is 300 g/mol. The van der Waals surface area contributed by atoms with E-state index in [1.165, 1.54) is 19.1 Å². The predicted molar refractivity (Wildman–Crippen MR) is 83.1 cm³/mol. The Kier molecular flexibility index (Phi) is 5.26. The Hall–Kier alpha value is -0.390. The zero-order chi connectivity index (χ0) is 14.8. The lowest BCUT2D eigenvalue weighted by Crippen LogP contribution is -2.46. The van der Waals surface area contributed by atoms with Gasteiger partial charge in [0, 0.05) is 12.6 Å². The summed E-state index contributed by atoms with van der Waals surface area (Å²) in [6.45, 7) is 7.76. The van der Waals surface area contributed by atoms with Crippen molar-refractivity contribution >= 4 is 10.0 Å². The molecule has 2 atom stereocenters. The topological polar surface area (TPSA) is 49.4 Å². The van der Waals surface area contributed by atoms with Crippen LogP contribution in [0.5, 0.6) is 0 Å². The van der Waals surface area contributed by atoms with Crippen molar-refractivity contribution < 1.29 is 8.42 Å². The molecule has 1 saturated heterocycles. The maximum absolute atomic E-state index is 11.3. The lowest BCUT2D eigenvalue weighted by molar-refractivity contribution is 0.165. The summed E-state index contributed by atoms with van der Waals surface area (Å²) in [5.41, 5.74) is 1.54. The number of rotatable bonds is 4. The highest BCUT2D eigenvalue weighted by Crippen LogP contribution is 2.31. The summed E-state index contributed by atoms with van der Waals surface area (Å²) >= 11 is 0. The van der Waals surface area contributed by atoms with E-state index in [1.807, 2.05) is 0 Å². The van der Waals surface area contributed by atoms with Gasteiger partial charge in [-0.25, -0.2) is 13.1 Å². The summed E-state index contributed by atoms with van der Waals surface area (Å²) in [6.07, 6.45) is 8.02. The van der Waals surface area contributed by atoms with Crippen molar-refractivity contribution in [2.24, 2.45) is 11.8 Å². The van der Waals surface area contributed by atoms with Crippen LogP contribution in [0.3, 0.4) is 0 Å². The van der Waals surface area contributed by atoms with E-state index in [4.69, 9.17) is 0 Å². The first-order valence-electron chi connectivity index (χ1n) is 7.71. The van der Waals surface area contributed by atoms with E-state index in [0.29, 0.717) is 5.92 Å². The normalized spacial score (nSPS) is 30.2. The summed E-state index contributed by atoms with van der Waals surface area (Å²) in [6, 6.07) is 0.127. The second kappa shape index (κ2) is 6.58. The molecular weight excluding hydrogens is 272 g/mol. The Labute approximate surface area is 123 Å². The van der Waals surface area contributed by atoms with Crippen LogP contribution in [0.15, 0.2) is 11.6 Å². The number of nitrogens with one attached hydrogen (secondary N) is 1. The molecule has 1 aliphatic carbocycles. The van der Waals surface area contributed by atoms with Gasteiger partial charge in [-0.3, -0.25) is 0 Å². The predicted octanol–water partition coefficient (Wildman–Crippen LogP) is 1.99. The first-order chi connectivity index (χ1) is 9.35. The molecule has 0 aromatic carbocycles. The Morgan fingerprint density at radius 2 is 1.95 bits per heavy atom. The van der Waals surface area contributed by atoms with E-state index in [-0.39, 0.29) is 6.04 Å². The first-order valence-corrected chi connectivity index (χ1v) is 9.60. The average Bonchev–Trinajstić information content (AvgIpc) is 2.34. The fourth-order valence-electron chi connectivity index (χ4n) is 3.51. The van der Waals surface area contributed by atoms with E-state index in [9.17, 15) is 8.42 Å². The number of nitrogens with zero attached hydrogens (tertiary/aromatic N) is 1. The number of likely N-dealkylation sites (tertiary alicyclic amines) is 1. The summed E-state index contributed by atoms with van der Waals surface area (Å²) in [7, 11) is -3.06. The van der Waals surface area contributed by atoms with Crippen LogP contribution < -0.4 is 4.72 Å². The Morgan fingerprint density at radius 1 is 1.30 bits per heavy atom. The standard InChI is InChI=1S/C15H28N2O2S/c1-12-5-4-6-13(2)15(12)11-17-9-7-14(8-10-17)16-20(3,18)19/h5,13-16H,4,6-11H2,1-3H3/t13-,15-/m0/s1. The second-order valence-corrected chi connectivity index (χ2v) is 8.35. The highest BCUT2D eigenvalue weighted by atomic mass is 32.2. The van der Waals surface area contributed by atoms with Crippen LogP contribution in [0, 0.1) is 11.8 Å². The zero-order valence-corrected chi connectivity index (χ0v) is 13.7. The maximum Gasteiger partial charge on any atom is 0.208 e. The van der Waals surface area contributed by atoms with Crippen LogP contribution in [0.25, 0.3) is 0 Å². The van der Waals surface area contributed by atoms with Gasteiger partial charge in [0.15, 0.2) is 0 Å². The van der Waals surface area contributed by atoms with Gasteiger partial charge in [-0.15, -0.1) is 0 Å². The summed E-state index contributed by atoms with van der Waals surface area (Å²) in [4.78, 5) is 2.50. The molecule has 2 aliphatic rings. The van der Waals surface area contributed by atoms with Crippen molar-refractivity contribution in [3.63, 3.8) is 0 Å². The molecule has 0 saturated carbocycles. The van der Waals surface area contributed by atoms with E-state index in [0.717, 1.165) is 38.4 Å². The van der Waals surface area contributed by atoms with Crippen molar-refractivity contribution in [1.29, 1.82) is 0 Å². The number of hydrogen-bond acceptors (Lipinski definition) is 3. The third-order valence-corrected chi connectivity index (χ3v) is 5.54. The molecular formula is C15H28N2O2S. The Morgan fingerprint density at radius 3 is 2.50 bits per heavy atom. The van der Waals surface area contributed by atoms with Gasteiger partial charge < -0.3 is 4.90 Å². The largest absolute Gasteiger partial charge is 0.303 e. The van der Waals surface area contributed by atoms with Gasteiger partial charge in [0.2, 0.25) is 10.0 Å². The van der Waals surface area contributed by atoms with Gasteiger partial charge in [0.1, 0.15) is 0 Å². The minimum atomic E-state index is -3.06.